The van der Waals surface area contributed by atoms with Crippen LogP contribution in [-0.4, -0.2) is 56.9 Å². The summed E-state index contributed by atoms with van der Waals surface area (Å²) >= 11 is 0. The maximum atomic E-state index is 13.0. The van der Waals surface area contributed by atoms with Crippen molar-refractivity contribution in [1.82, 2.24) is 24.8 Å². The Morgan fingerprint density at radius 2 is 1.74 bits per heavy atom. The summed E-state index contributed by atoms with van der Waals surface area (Å²) in [5.74, 6) is 1.07. The van der Waals surface area contributed by atoms with Crippen molar-refractivity contribution in [2.24, 2.45) is 0 Å². The van der Waals surface area contributed by atoms with E-state index in [4.69, 9.17) is 4.74 Å². The number of fused-ring (bicyclic) bond motifs is 1. The first kappa shape index (κ1) is 22.5. The fourth-order valence-electron chi connectivity index (χ4n) is 3.77. The molecule has 1 amide bonds. The molecule has 1 aliphatic rings. The number of aromatic nitrogens is 4. The summed E-state index contributed by atoms with van der Waals surface area (Å²) in [7, 11) is 0. The summed E-state index contributed by atoms with van der Waals surface area (Å²) in [5, 5.41) is 0.721. The van der Waals surface area contributed by atoms with E-state index in [9.17, 15) is 18.0 Å². The quantitative estimate of drug-likeness (QED) is 0.433. The normalized spacial score (nSPS) is 14.3. The van der Waals surface area contributed by atoms with Crippen molar-refractivity contribution in [1.29, 1.82) is 0 Å². The van der Waals surface area contributed by atoms with E-state index in [2.05, 4.69) is 24.8 Å². The lowest BCUT2D eigenvalue weighted by atomic mass is 10.1. The standard InChI is InChI=1S/C24H19F3N6O2/c25-24(26,27)17-2-6-22(30-14-17)35-18-3-5-19-16(13-18)1-4-20(31-19)23(34)33-11-9-32(10-12-33)21-15-28-7-8-29-21/h1-8,13-15H,9-12H2. The van der Waals surface area contributed by atoms with Crippen LogP contribution < -0.4 is 9.64 Å². The van der Waals surface area contributed by atoms with Crippen molar-refractivity contribution in [3.63, 3.8) is 0 Å². The SMILES string of the molecule is O=C(c1ccc2cc(Oc3ccc(C(F)(F)F)cn3)ccc2n1)N1CCN(c2cnccn2)CC1. The van der Waals surface area contributed by atoms with E-state index in [0.717, 1.165) is 29.5 Å². The average molecular weight is 480 g/mol. The van der Waals surface area contributed by atoms with Crippen LogP contribution in [-0.2, 0) is 6.18 Å². The van der Waals surface area contributed by atoms with E-state index in [1.165, 1.54) is 0 Å². The van der Waals surface area contributed by atoms with E-state index < -0.39 is 11.7 Å². The van der Waals surface area contributed by atoms with Gasteiger partial charge in [0, 0.05) is 56.2 Å². The van der Waals surface area contributed by atoms with Crippen LogP contribution in [0.1, 0.15) is 16.1 Å². The molecule has 0 radical (unpaired) electrons. The second-order valence-corrected chi connectivity index (χ2v) is 7.88. The number of hydrogen-bond acceptors (Lipinski definition) is 7. The molecule has 1 saturated heterocycles. The van der Waals surface area contributed by atoms with Gasteiger partial charge in [0.15, 0.2) is 0 Å². The highest BCUT2D eigenvalue weighted by Gasteiger charge is 2.30. The Hall–Kier alpha value is -4.28. The Kier molecular flexibility index (Phi) is 5.89. The number of nitrogens with zero attached hydrogens (tertiary/aromatic N) is 6. The molecule has 4 heterocycles. The second kappa shape index (κ2) is 9.16. The van der Waals surface area contributed by atoms with Crippen molar-refractivity contribution in [3.05, 3.63) is 78.5 Å². The molecule has 0 atom stereocenters. The average Bonchev–Trinajstić information content (AvgIpc) is 2.88. The minimum atomic E-state index is -4.46. The Labute approximate surface area is 198 Å². The van der Waals surface area contributed by atoms with Crippen LogP contribution in [0.3, 0.4) is 0 Å². The molecule has 5 rings (SSSR count). The molecular weight excluding hydrogens is 461 g/mol. The number of piperazine rings is 1. The summed E-state index contributed by atoms with van der Waals surface area (Å²) in [6, 6.07) is 10.5. The van der Waals surface area contributed by atoms with Gasteiger partial charge in [-0.15, -0.1) is 0 Å². The zero-order valence-corrected chi connectivity index (χ0v) is 18.3. The van der Waals surface area contributed by atoms with Crippen LogP contribution in [0.5, 0.6) is 11.6 Å². The predicted octanol–water partition coefficient (Wildman–Crippen LogP) is 4.19. The number of pyridine rings is 2. The topological polar surface area (TPSA) is 84.3 Å². The summed E-state index contributed by atoms with van der Waals surface area (Å²) in [5.41, 5.74) is 0.0882. The molecule has 0 bridgehead atoms. The zero-order chi connectivity index (χ0) is 24.4. The monoisotopic (exact) mass is 480 g/mol. The molecule has 0 N–H and O–H groups in total. The van der Waals surface area contributed by atoms with E-state index in [0.29, 0.717) is 43.1 Å². The summed E-state index contributed by atoms with van der Waals surface area (Å²) < 4.78 is 43.7. The molecule has 0 unspecified atom stereocenters. The third-order valence-corrected chi connectivity index (χ3v) is 5.61. The Morgan fingerprint density at radius 3 is 2.43 bits per heavy atom. The van der Waals surface area contributed by atoms with Gasteiger partial charge in [0.1, 0.15) is 17.3 Å². The fourth-order valence-corrected chi connectivity index (χ4v) is 3.77. The van der Waals surface area contributed by atoms with Crippen molar-refractivity contribution in [2.45, 2.75) is 6.18 Å². The van der Waals surface area contributed by atoms with Crippen LogP contribution in [0.25, 0.3) is 10.9 Å². The highest BCUT2D eigenvalue weighted by molar-refractivity contribution is 5.95. The molecule has 11 heteroatoms. The van der Waals surface area contributed by atoms with Gasteiger partial charge >= 0.3 is 6.18 Å². The Morgan fingerprint density at radius 1 is 0.914 bits per heavy atom. The summed E-state index contributed by atoms with van der Waals surface area (Å²) in [6.45, 7) is 2.39. The maximum Gasteiger partial charge on any atom is 0.417 e. The number of carbonyl (C=O) groups excluding carboxylic acids is 1. The van der Waals surface area contributed by atoms with E-state index in [-0.39, 0.29) is 11.8 Å². The van der Waals surface area contributed by atoms with Gasteiger partial charge in [-0.1, -0.05) is 6.07 Å². The van der Waals surface area contributed by atoms with E-state index in [1.54, 1.807) is 53.8 Å². The molecule has 35 heavy (non-hydrogen) atoms. The number of ether oxygens (including phenoxy) is 1. The number of alkyl halides is 3. The largest absolute Gasteiger partial charge is 0.439 e. The van der Waals surface area contributed by atoms with Crippen LogP contribution in [0, 0.1) is 0 Å². The van der Waals surface area contributed by atoms with Gasteiger partial charge in [0.25, 0.3) is 5.91 Å². The van der Waals surface area contributed by atoms with Gasteiger partial charge in [-0.05, 0) is 30.3 Å². The first-order valence-electron chi connectivity index (χ1n) is 10.8. The van der Waals surface area contributed by atoms with Gasteiger partial charge in [-0.3, -0.25) is 9.78 Å². The number of hydrogen-bond donors (Lipinski definition) is 0. The van der Waals surface area contributed by atoms with Crippen molar-refractivity contribution in [3.8, 4) is 11.6 Å². The summed E-state index contributed by atoms with van der Waals surface area (Å²) in [6.07, 6.45) is 1.23. The Bertz CT molecular complexity index is 1340. The second-order valence-electron chi connectivity index (χ2n) is 7.88. The van der Waals surface area contributed by atoms with Crippen LogP contribution in [0.4, 0.5) is 19.0 Å². The molecule has 1 fully saturated rings. The lowest BCUT2D eigenvalue weighted by Crippen LogP contribution is -2.49. The minimum Gasteiger partial charge on any atom is -0.439 e. The minimum absolute atomic E-state index is 0.0396. The number of carbonyl (C=O) groups is 1. The maximum absolute atomic E-state index is 13.0. The fraction of sp³-hybridized carbons (Fsp3) is 0.208. The molecule has 1 aliphatic heterocycles. The molecule has 178 valence electrons. The van der Waals surface area contributed by atoms with E-state index >= 15 is 0 Å². The number of benzene rings is 1. The van der Waals surface area contributed by atoms with Crippen molar-refractivity contribution >= 4 is 22.6 Å². The number of amides is 1. The first-order valence-corrected chi connectivity index (χ1v) is 10.8. The molecule has 0 spiro atoms. The number of rotatable bonds is 4. The Balaban J connectivity index is 1.25. The third kappa shape index (κ3) is 4.98. The zero-order valence-electron chi connectivity index (χ0n) is 18.3. The van der Waals surface area contributed by atoms with E-state index in [1.807, 2.05) is 0 Å². The van der Waals surface area contributed by atoms with Gasteiger partial charge < -0.3 is 14.5 Å². The predicted molar refractivity (Wildman–Crippen MR) is 121 cm³/mol. The molecular formula is C24H19F3N6O2. The lowest BCUT2D eigenvalue weighted by molar-refractivity contribution is -0.137. The van der Waals surface area contributed by atoms with Gasteiger partial charge in [0.2, 0.25) is 5.88 Å². The highest BCUT2D eigenvalue weighted by atomic mass is 19.4. The smallest absolute Gasteiger partial charge is 0.417 e. The van der Waals surface area contributed by atoms with Gasteiger partial charge in [-0.25, -0.2) is 15.0 Å². The molecule has 1 aromatic carbocycles. The molecule has 8 nitrogen and oxygen atoms in total. The van der Waals surface area contributed by atoms with Gasteiger partial charge in [-0.2, -0.15) is 13.2 Å². The van der Waals surface area contributed by atoms with Crippen LogP contribution in [0.2, 0.25) is 0 Å². The number of halogens is 3. The molecule has 0 saturated carbocycles. The number of anilines is 1. The molecule has 4 aromatic rings. The first-order chi connectivity index (χ1) is 16.9. The van der Waals surface area contributed by atoms with Crippen molar-refractivity contribution < 1.29 is 22.7 Å². The highest BCUT2D eigenvalue weighted by Crippen LogP contribution is 2.30. The summed E-state index contributed by atoms with van der Waals surface area (Å²) in [4.78, 5) is 33.4. The van der Waals surface area contributed by atoms with Gasteiger partial charge in [0.05, 0.1) is 17.3 Å². The van der Waals surface area contributed by atoms with Crippen molar-refractivity contribution in [2.75, 3.05) is 31.1 Å². The lowest BCUT2D eigenvalue weighted by Gasteiger charge is -2.35. The van der Waals surface area contributed by atoms with Crippen LogP contribution in [0.15, 0.2) is 67.3 Å². The third-order valence-electron chi connectivity index (χ3n) is 5.61. The molecule has 3 aromatic heterocycles. The van der Waals surface area contributed by atoms with Crippen LogP contribution >= 0.6 is 0 Å². The molecule has 0 aliphatic carbocycles.